The lowest BCUT2D eigenvalue weighted by Crippen LogP contribution is -2.34. The highest BCUT2D eigenvalue weighted by Crippen LogP contribution is 2.26. The molecule has 0 aliphatic heterocycles. The van der Waals surface area contributed by atoms with Gasteiger partial charge in [-0.15, -0.1) is 0 Å². The van der Waals surface area contributed by atoms with Crippen LogP contribution in [0, 0.1) is 24.0 Å². The second-order valence-corrected chi connectivity index (χ2v) is 8.82. The van der Waals surface area contributed by atoms with Crippen molar-refractivity contribution in [3.63, 3.8) is 0 Å². The van der Waals surface area contributed by atoms with Crippen LogP contribution in [0.1, 0.15) is 54.2 Å². The van der Waals surface area contributed by atoms with Gasteiger partial charge in [0, 0.05) is 29.8 Å². The van der Waals surface area contributed by atoms with Crippen molar-refractivity contribution < 1.29 is 9.49 Å². The third-order valence-electron chi connectivity index (χ3n) is 5.42. The Morgan fingerprint density at radius 3 is 1.90 bits per heavy atom. The minimum absolute atomic E-state index is 0.128. The first kappa shape index (κ1) is 20.7. The Hall–Kier alpha value is -3.01. The lowest BCUT2D eigenvalue weighted by Gasteiger charge is -2.21. The highest BCUT2D eigenvalue weighted by molar-refractivity contribution is 5.40. The van der Waals surface area contributed by atoms with Gasteiger partial charge in [-0.05, 0) is 53.5 Å². The Morgan fingerprint density at radius 1 is 0.897 bits per heavy atom. The fraction of sp³-hybridized carbons (Fsp3) is 0.320. The van der Waals surface area contributed by atoms with Crippen molar-refractivity contribution in [2.45, 2.75) is 53.0 Å². The Morgan fingerprint density at radius 2 is 1.41 bits per heavy atom. The quantitative estimate of drug-likeness (QED) is 0.332. The van der Waals surface area contributed by atoms with Gasteiger partial charge in [0.15, 0.2) is 18.9 Å². The summed E-state index contributed by atoms with van der Waals surface area (Å²) in [6.45, 7) is 12.0. The predicted octanol–water partition coefficient (Wildman–Crippen LogP) is 5.44. The first-order valence-corrected chi connectivity index (χ1v) is 9.95. The zero-order chi connectivity index (χ0) is 21.2. The van der Waals surface area contributed by atoms with Crippen molar-refractivity contribution >= 4 is 5.69 Å². The normalized spacial score (nSPS) is 11.5. The molecule has 0 unspecified atom stereocenters. The van der Waals surface area contributed by atoms with Crippen LogP contribution in [0.2, 0.25) is 0 Å². The summed E-state index contributed by atoms with van der Waals surface area (Å²) in [6.07, 6.45) is 4.98. The zero-order valence-electron chi connectivity index (χ0n) is 17.9. The molecule has 1 heterocycles. The molecular formula is C25H29N2O2+. The molecule has 0 aliphatic carbocycles. The van der Waals surface area contributed by atoms with Gasteiger partial charge in [0.25, 0.3) is 5.69 Å². The molecule has 4 heteroatoms. The zero-order valence-corrected chi connectivity index (χ0v) is 17.9. The minimum atomic E-state index is -0.368. The number of pyridine rings is 1. The molecule has 0 amide bonds. The number of non-ortho nitro benzene ring substituents is 1. The predicted molar refractivity (Wildman–Crippen MR) is 116 cm³/mol. The molecule has 0 saturated heterocycles. The van der Waals surface area contributed by atoms with Crippen LogP contribution in [-0.4, -0.2) is 4.92 Å². The maximum atomic E-state index is 10.8. The van der Waals surface area contributed by atoms with E-state index < -0.39 is 0 Å². The smallest absolute Gasteiger partial charge is 0.258 e. The molecule has 3 aromatic rings. The van der Waals surface area contributed by atoms with Crippen molar-refractivity contribution in [3.05, 3.63) is 104 Å². The van der Waals surface area contributed by atoms with Crippen LogP contribution in [0.5, 0.6) is 0 Å². The van der Waals surface area contributed by atoms with Gasteiger partial charge in [0.2, 0.25) is 0 Å². The average molecular weight is 390 g/mol. The highest BCUT2D eigenvalue weighted by atomic mass is 16.6. The summed E-state index contributed by atoms with van der Waals surface area (Å²) in [4.78, 5) is 10.4. The van der Waals surface area contributed by atoms with Crippen molar-refractivity contribution in [1.29, 1.82) is 0 Å². The Balaban J connectivity index is 1.73. The number of nitro benzene ring substituents is 1. The van der Waals surface area contributed by atoms with E-state index in [0.717, 1.165) is 18.5 Å². The molecule has 0 saturated carbocycles. The molecule has 0 radical (unpaired) electrons. The molecule has 29 heavy (non-hydrogen) atoms. The van der Waals surface area contributed by atoms with Crippen LogP contribution >= 0.6 is 0 Å². The van der Waals surface area contributed by atoms with E-state index >= 15 is 0 Å². The van der Waals surface area contributed by atoms with E-state index in [-0.39, 0.29) is 16.0 Å². The van der Waals surface area contributed by atoms with E-state index in [0.29, 0.717) is 0 Å². The number of aryl methyl sites for hydroxylation is 2. The molecule has 2 aromatic carbocycles. The van der Waals surface area contributed by atoms with Crippen molar-refractivity contribution in [2.24, 2.45) is 0 Å². The maximum absolute atomic E-state index is 10.8. The first-order valence-electron chi connectivity index (χ1n) is 9.95. The van der Waals surface area contributed by atoms with Crippen LogP contribution in [0.4, 0.5) is 5.69 Å². The minimum Gasteiger partial charge on any atom is -0.258 e. The van der Waals surface area contributed by atoms with E-state index in [9.17, 15) is 10.1 Å². The van der Waals surface area contributed by atoms with Crippen molar-refractivity contribution in [3.8, 4) is 0 Å². The number of hydrogen-bond acceptors (Lipinski definition) is 2. The number of nitro groups is 1. The van der Waals surface area contributed by atoms with E-state index in [4.69, 9.17) is 0 Å². The summed E-state index contributed by atoms with van der Waals surface area (Å²) in [5.41, 5.74) is 7.94. The molecule has 4 nitrogen and oxygen atoms in total. The van der Waals surface area contributed by atoms with Crippen LogP contribution in [-0.2, 0) is 18.4 Å². The van der Waals surface area contributed by atoms with Crippen molar-refractivity contribution in [1.82, 2.24) is 0 Å². The Bertz CT molecular complexity index is 991. The van der Waals surface area contributed by atoms with Crippen molar-refractivity contribution in [2.75, 3.05) is 0 Å². The van der Waals surface area contributed by atoms with E-state index in [2.05, 4.69) is 75.8 Å². The molecule has 1 aromatic heterocycles. The SMILES string of the molecule is Cc1cc(C(C)(C)C)cc(C)c1C[n+]1ccc(Cc2ccc([N+](=O)[O-])cc2)cc1. The maximum Gasteiger partial charge on any atom is 0.269 e. The molecule has 0 fully saturated rings. The molecule has 0 spiro atoms. The monoisotopic (exact) mass is 389 g/mol. The highest BCUT2D eigenvalue weighted by Gasteiger charge is 2.17. The second-order valence-electron chi connectivity index (χ2n) is 8.82. The summed E-state index contributed by atoms with van der Waals surface area (Å²) < 4.78 is 2.20. The standard InChI is InChI=1S/C25H29N2O2/c1-18-14-22(25(3,4)5)15-19(2)24(18)17-26-12-10-21(11-13-26)16-20-6-8-23(9-7-20)27(28)29/h6-15H,16-17H2,1-5H3/q+1. The first-order chi connectivity index (χ1) is 13.6. The van der Waals surface area contributed by atoms with Crippen LogP contribution in [0.15, 0.2) is 60.9 Å². The topological polar surface area (TPSA) is 47.0 Å². The lowest BCUT2D eigenvalue weighted by molar-refractivity contribution is -0.688. The summed E-state index contributed by atoms with van der Waals surface area (Å²) in [6, 6.07) is 15.6. The molecule has 0 aliphatic rings. The molecular weight excluding hydrogens is 360 g/mol. The Kier molecular flexibility index (Phi) is 5.83. The number of aromatic nitrogens is 1. The molecule has 150 valence electrons. The van der Waals surface area contributed by atoms with Crippen LogP contribution in [0.3, 0.4) is 0 Å². The summed E-state index contributed by atoms with van der Waals surface area (Å²) in [7, 11) is 0. The number of hydrogen-bond donors (Lipinski definition) is 0. The number of rotatable bonds is 5. The van der Waals surface area contributed by atoms with Gasteiger partial charge in [0.1, 0.15) is 0 Å². The molecule has 3 rings (SSSR count). The van der Waals surface area contributed by atoms with Gasteiger partial charge in [-0.1, -0.05) is 45.0 Å². The molecule has 0 N–H and O–H groups in total. The summed E-state index contributed by atoms with van der Waals surface area (Å²) in [5.74, 6) is 0. The van der Waals surface area contributed by atoms with Crippen LogP contribution in [0.25, 0.3) is 0 Å². The largest absolute Gasteiger partial charge is 0.269 e. The average Bonchev–Trinajstić information content (AvgIpc) is 2.65. The van der Waals surface area contributed by atoms with E-state index in [1.807, 2.05) is 12.1 Å². The summed E-state index contributed by atoms with van der Waals surface area (Å²) >= 11 is 0. The van der Waals surface area contributed by atoms with Gasteiger partial charge < -0.3 is 0 Å². The molecule has 0 atom stereocenters. The van der Waals surface area contributed by atoms with Gasteiger partial charge in [-0.2, -0.15) is 0 Å². The second kappa shape index (κ2) is 8.16. The third-order valence-corrected chi connectivity index (χ3v) is 5.42. The van der Waals surface area contributed by atoms with Crippen LogP contribution < -0.4 is 4.57 Å². The third kappa shape index (κ3) is 5.08. The van der Waals surface area contributed by atoms with Gasteiger partial charge >= 0.3 is 0 Å². The lowest BCUT2D eigenvalue weighted by atomic mass is 9.84. The van der Waals surface area contributed by atoms with Gasteiger partial charge in [0.05, 0.1) is 4.92 Å². The van der Waals surface area contributed by atoms with E-state index in [1.165, 1.54) is 27.8 Å². The fourth-order valence-corrected chi connectivity index (χ4v) is 3.54. The number of benzene rings is 2. The Labute approximate surface area is 173 Å². The van der Waals surface area contributed by atoms with Gasteiger partial charge in [-0.25, -0.2) is 4.57 Å². The summed E-state index contributed by atoms with van der Waals surface area (Å²) in [5, 5.41) is 10.8. The van der Waals surface area contributed by atoms with Gasteiger partial charge in [-0.3, -0.25) is 10.1 Å². The number of nitrogens with zero attached hydrogens (tertiary/aromatic N) is 2. The fourth-order valence-electron chi connectivity index (χ4n) is 3.54. The van der Waals surface area contributed by atoms with E-state index in [1.54, 1.807) is 12.1 Å². The molecule has 0 bridgehead atoms.